The molecule has 4 rings (SSSR count). The van der Waals surface area contributed by atoms with Gasteiger partial charge in [-0.2, -0.15) is 0 Å². The van der Waals surface area contributed by atoms with Crippen LogP contribution >= 0.6 is 0 Å². The van der Waals surface area contributed by atoms with E-state index < -0.39 is 0 Å². The summed E-state index contributed by atoms with van der Waals surface area (Å²) in [6.07, 6.45) is 3.35. The van der Waals surface area contributed by atoms with Crippen molar-refractivity contribution in [1.82, 2.24) is 15.3 Å². The molecule has 2 heterocycles. The van der Waals surface area contributed by atoms with E-state index in [1.165, 1.54) is 5.56 Å². The summed E-state index contributed by atoms with van der Waals surface area (Å²) in [5, 5.41) is 2.95. The number of hydrogen-bond acceptors (Lipinski definition) is 4. The van der Waals surface area contributed by atoms with Gasteiger partial charge >= 0.3 is 0 Å². The summed E-state index contributed by atoms with van der Waals surface area (Å²) in [5.74, 6) is 1.52. The Morgan fingerprint density at radius 2 is 2.08 bits per heavy atom. The number of rotatable bonds is 5. The minimum atomic E-state index is -0.0720. The number of carbonyl (C=O) groups is 1. The summed E-state index contributed by atoms with van der Waals surface area (Å²) in [7, 11) is 0. The first-order valence-electron chi connectivity index (χ1n) is 7.89. The molecule has 0 spiro atoms. The quantitative estimate of drug-likeness (QED) is 0.708. The smallest absolute Gasteiger partial charge is 0.251 e. The molecule has 3 aromatic rings. The number of ether oxygens (including phenoxy) is 2. The van der Waals surface area contributed by atoms with Crippen LogP contribution in [0.2, 0.25) is 0 Å². The maximum absolute atomic E-state index is 12.2. The van der Waals surface area contributed by atoms with Crippen molar-refractivity contribution in [2.75, 3.05) is 13.3 Å². The number of aryl methyl sites for hydroxylation is 1. The van der Waals surface area contributed by atoms with Crippen molar-refractivity contribution < 1.29 is 14.3 Å². The molecule has 0 radical (unpaired) electrons. The Hall–Kier alpha value is -3.02. The zero-order chi connectivity index (χ0) is 16.4. The fraction of sp³-hybridized carbons (Fsp3) is 0.222. The normalized spacial score (nSPS) is 12.5. The zero-order valence-electron chi connectivity index (χ0n) is 13.0. The number of carbonyl (C=O) groups excluding carboxylic acids is 1. The molecule has 1 aliphatic heterocycles. The predicted molar refractivity (Wildman–Crippen MR) is 89.3 cm³/mol. The summed E-state index contributed by atoms with van der Waals surface area (Å²) in [4.78, 5) is 19.4. The fourth-order valence-corrected chi connectivity index (χ4v) is 2.77. The number of nitrogens with zero attached hydrogens (tertiary/aromatic N) is 1. The standard InChI is InChI=1S/C18H17N3O3/c22-18(13-4-5-14-15(9-13)21-10-20-14)19-7-1-2-12-3-6-16-17(8-12)24-11-23-16/h3-6,8-10H,1-2,7,11H2,(H,19,22)(H,20,21). The Morgan fingerprint density at radius 1 is 1.17 bits per heavy atom. The van der Waals surface area contributed by atoms with Crippen molar-refractivity contribution in [3.63, 3.8) is 0 Å². The third-order valence-electron chi connectivity index (χ3n) is 4.05. The highest BCUT2D eigenvalue weighted by Crippen LogP contribution is 2.32. The lowest BCUT2D eigenvalue weighted by atomic mass is 10.1. The minimum Gasteiger partial charge on any atom is -0.454 e. The minimum absolute atomic E-state index is 0.0720. The van der Waals surface area contributed by atoms with Gasteiger partial charge < -0.3 is 19.8 Å². The van der Waals surface area contributed by atoms with Gasteiger partial charge in [0, 0.05) is 12.1 Å². The summed E-state index contributed by atoms with van der Waals surface area (Å²) in [6.45, 7) is 0.907. The summed E-state index contributed by atoms with van der Waals surface area (Å²) in [6, 6.07) is 11.4. The number of benzene rings is 2. The lowest BCUT2D eigenvalue weighted by Gasteiger charge is -2.06. The molecule has 2 N–H and O–H groups in total. The molecule has 0 fully saturated rings. The third kappa shape index (κ3) is 2.90. The molecule has 122 valence electrons. The molecule has 0 saturated carbocycles. The van der Waals surface area contributed by atoms with Crippen molar-refractivity contribution in [2.45, 2.75) is 12.8 Å². The van der Waals surface area contributed by atoms with E-state index in [2.05, 4.69) is 15.3 Å². The maximum atomic E-state index is 12.2. The summed E-state index contributed by atoms with van der Waals surface area (Å²) in [5.41, 5.74) is 3.53. The molecule has 24 heavy (non-hydrogen) atoms. The number of H-pyrrole nitrogens is 1. The first-order valence-corrected chi connectivity index (χ1v) is 7.89. The van der Waals surface area contributed by atoms with Crippen molar-refractivity contribution in [3.8, 4) is 11.5 Å². The van der Waals surface area contributed by atoms with Gasteiger partial charge in [-0.15, -0.1) is 0 Å². The number of amides is 1. The predicted octanol–water partition coefficient (Wildman–Crippen LogP) is 2.65. The van der Waals surface area contributed by atoms with Crippen molar-refractivity contribution in [3.05, 3.63) is 53.9 Å². The van der Waals surface area contributed by atoms with E-state index in [1.54, 1.807) is 12.4 Å². The first-order chi connectivity index (χ1) is 11.8. The Bertz CT molecular complexity index is 888. The van der Waals surface area contributed by atoms with E-state index in [-0.39, 0.29) is 12.7 Å². The second-order valence-corrected chi connectivity index (χ2v) is 5.68. The maximum Gasteiger partial charge on any atom is 0.251 e. The molecule has 0 aliphatic carbocycles. The number of imidazole rings is 1. The van der Waals surface area contributed by atoms with Crippen LogP contribution in [0, 0.1) is 0 Å². The van der Waals surface area contributed by atoms with E-state index in [1.807, 2.05) is 30.3 Å². The topological polar surface area (TPSA) is 76.2 Å². The van der Waals surface area contributed by atoms with Crippen LogP contribution < -0.4 is 14.8 Å². The van der Waals surface area contributed by atoms with E-state index in [9.17, 15) is 4.79 Å². The average Bonchev–Trinajstić information content (AvgIpc) is 3.25. The Labute approximate surface area is 138 Å². The molecular weight excluding hydrogens is 306 g/mol. The first kappa shape index (κ1) is 14.6. The van der Waals surface area contributed by atoms with Crippen LogP contribution in [0.15, 0.2) is 42.7 Å². The Kier molecular flexibility index (Phi) is 3.78. The van der Waals surface area contributed by atoms with Gasteiger partial charge in [-0.3, -0.25) is 4.79 Å². The molecule has 2 aromatic carbocycles. The van der Waals surface area contributed by atoms with E-state index in [4.69, 9.17) is 9.47 Å². The lowest BCUT2D eigenvalue weighted by Crippen LogP contribution is -2.24. The van der Waals surface area contributed by atoms with Gasteiger partial charge in [0.25, 0.3) is 5.91 Å². The number of nitrogens with one attached hydrogen (secondary N) is 2. The molecule has 1 aliphatic rings. The van der Waals surface area contributed by atoms with Gasteiger partial charge in [-0.05, 0) is 48.7 Å². The number of hydrogen-bond donors (Lipinski definition) is 2. The molecule has 0 saturated heterocycles. The Balaban J connectivity index is 1.29. The van der Waals surface area contributed by atoms with Crippen molar-refractivity contribution >= 4 is 16.9 Å². The molecule has 6 nitrogen and oxygen atoms in total. The second-order valence-electron chi connectivity index (χ2n) is 5.68. The van der Waals surface area contributed by atoms with Gasteiger partial charge in [0.1, 0.15) is 0 Å². The monoisotopic (exact) mass is 323 g/mol. The Morgan fingerprint density at radius 3 is 3.04 bits per heavy atom. The van der Waals surface area contributed by atoms with E-state index in [0.717, 1.165) is 35.4 Å². The average molecular weight is 323 g/mol. The third-order valence-corrected chi connectivity index (χ3v) is 4.05. The molecule has 1 aromatic heterocycles. The highest BCUT2D eigenvalue weighted by atomic mass is 16.7. The second kappa shape index (κ2) is 6.23. The van der Waals surface area contributed by atoms with Gasteiger partial charge in [-0.25, -0.2) is 4.98 Å². The van der Waals surface area contributed by atoms with Gasteiger partial charge in [0.15, 0.2) is 11.5 Å². The van der Waals surface area contributed by atoms with Crippen LogP contribution in [0.1, 0.15) is 22.3 Å². The van der Waals surface area contributed by atoms with Crippen LogP contribution in [0.25, 0.3) is 11.0 Å². The SMILES string of the molecule is O=C(NCCCc1ccc2c(c1)OCO2)c1ccc2nc[nH]c2c1. The van der Waals surface area contributed by atoms with Crippen molar-refractivity contribution in [2.24, 2.45) is 0 Å². The number of aromatic amines is 1. The molecule has 6 heteroatoms. The van der Waals surface area contributed by atoms with E-state index >= 15 is 0 Å². The summed E-state index contributed by atoms with van der Waals surface area (Å²) >= 11 is 0. The van der Waals surface area contributed by atoms with Crippen LogP contribution in [0.4, 0.5) is 0 Å². The fourth-order valence-electron chi connectivity index (χ4n) is 2.77. The highest BCUT2D eigenvalue weighted by molar-refractivity contribution is 5.97. The van der Waals surface area contributed by atoms with Crippen LogP contribution in [-0.4, -0.2) is 29.2 Å². The molecule has 0 unspecified atom stereocenters. The van der Waals surface area contributed by atoms with Crippen LogP contribution in [-0.2, 0) is 6.42 Å². The molecule has 1 amide bonds. The lowest BCUT2D eigenvalue weighted by molar-refractivity contribution is 0.0953. The van der Waals surface area contributed by atoms with Crippen molar-refractivity contribution in [1.29, 1.82) is 0 Å². The van der Waals surface area contributed by atoms with Gasteiger partial charge in [0.2, 0.25) is 6.79 Å². The van der Waals surface area contributed by atoms with Crippen LogP contribution in [0.5, 0.6) is 11.5 Å². The zero-order valence-corrected chi connectivity index (χ0v) is 13.0. The number of aromatic nitrogens is 2. The van der Waals surface area contributed by atoms with Gasteiger partial charge in [0.05, 0.1) is 17.4 Å². The van der Waals surface area contributed by atoms with E-state index in [0.29, 0.717) is 12.1 Å². The summed E-state index contributed by atoms with van der Waals surface area (Å²) < 4.78 is 10.7. The highest BCUT2D eigenvalue weighted by Gasteiger charge is 2.13. The molecule has 0 bridgehead atoms. The molecule has 0 atom stereocenters. The number of fused-ring (bicyclic) bond motifs is 2. The van der Waals surface area contributed by atoms with Gasteiger partial charge in [-0.1, -0.05) is 6.07 Å². The molecular formula is C18H17N3O3. The van der Waals surface area contributed by atoms with Crippen LogP contribution in [0.3, 0.4) is 0 Å². The largest absolute Gasteiger partial charge is 0.454 e.